The first-order chi connectivity index (χ1) is 10.5. The van der Waals surface area contributed by atoms with Gasteiger partial charge in [-0.25, -0.2) is 13.4 Å². The lowest BCUT2D eigenvalue weighted by Crippen LogP contribution is -1.96. The Morgan fingerprint density at radius 1 is 1.14 bits per heavy atom. The Morgan fingerprint density at radius 3 is 2.55 bits per heavy atom. The molecular weight excluding hydrogens is 318 g/mol. The van der Waals surface area contributed by atoms with Gasteiger partial charge in [0, 0.05) is 23.4 Å². The van der Waals surface area contributed by atoms with E-state index in [4.69, 9.17) is 0 Å². The van der Waals surface area contributed by atoms with Gasteiger partial charge in [0.05, 0.1) is 22.5 Å². The third-order valence-electron chi connectivity index (χ3n) is 3.00. The van der Waals surface area contributed by atoms with Crippen LogP contribution < -0.4 is 5.32 Å². The van der Waals surface area contributed by atoms with Crippen molar-refractivity contribution in [1.82, 2.24) is 9.97 Å². The number of thiazole rings is 1. The summed E-state index contributed by atoms with van der Waals surface area (Å²) in [6.07, 6.45) is 4.63. The molecule has 0 atom stereocenters. The molecular formula is C15H13N3O2S2. The fourth-order valence-electron chi connectivity index (χ4n) is 1.90. The van der Waals surface area contributed by atoms with Gasteiger partial charge in [-0.3, -0.25) is 4.98 Å². The van der Waals surface area contributed by atoms with Crippen LogP contribution in [0.5, 0.6) is 0 Å². The van der Waals surface area contributed by atoms with Crippen LogP contribution in [0.2, 0.25) is 0 Å². The quantitative estimate of drug-likeness (QED) is 0.794. The second kappa shape index (κ2) is 5.86. The second-order valence-corrected chi connectivity index (χ2v) is 7.57. The minimum atomic E-state index is -3.17. The van der Waals surface area contributed by atoms with Gasteiger partial charge in [-0.05, 0) is 24.3 Å². The number of anilines is 2. The van der Waals surface area contributed by atoms with E-state index in [0.29, 0.717) is 4.90 Å². The average Bonchev–Trinajstić information content (AvgIpc) is 2.96. The molecule has 0 saturated carbocycles. The molecule has 0 spiro atoms. The predicted octanol–water partition coefficient (Wildman–Crippen LogP) is 3.35. The molecule has 112 valence electrons. The summed E-state index contributed by atoms with van der Waals surface area (Å²) < 4.78 is 22.9. The van der Waals surface area contributed by atoms with Crippen molar-refractivity contribution >= 4 is 32.0 Å². The van der Waals surface area contributed by atoms with Crippen LogP contribution in [-0.4, -0.2) is 24.6 Å². The molecule has 0 unspecified atom stereocenters. The van der Waals surface area contributed by atoms with Gasteiger partial charge in [0.15, 0.2) is 15.0 Å². The molecule has 0 radical (unpaired) electrons. The molecule has 7 heteroatoms. The van der Waals surface area contributed by atoms with Gasteiger partial charge < -0.3 is 5.32 Å². The molecule has 0 fully saturated rings. The lowest BCUT2D eigenvalue weighted by molar-refractivity contribution is 0.602. The number of sulfone groups is 1. The zero-order valence-electron chi connectivity index (χ0n) is 11.7. The molecule has 1 aromatic carbocycles. The molecule has 22 heavy (non-hydrogen) atoms. The van der Waals surface area contributed by atoms with Gasteiger partial charge in [0.2, 0.25) is 0 Å². The largest absolute Gasteiger partial charge is 0.330 e. The Morgan fingerprint density at radius 2 is 1.91 bits per heavy atom. The van der Waals surface area contributed by atoms with E-state index in [1.165, 1.54) is 17.6 Å². The standard InChI is InChI=1S/C15H13N3O2S2/c1-22(19,20)13-6-4-11(5-7-13)14-10-21-15(18-14)17-12-3-2-8-16-9-12/h2-10H,1H3,(H,17,18). The topological polar surface area (TPSA) is 72.0 Å². The van der Waals surface area contributed by atoms with Crippen LogP contribution in [0, 0.1) is 0 Å². The van der Waals surface area contributed by atoms with E-state index in [1.54, 1.807) is 36.7 Å². The van der Waals surface area contributed by atoms with Gasteiger partial charge in [-0.2, -0.15) is 0 Å². The summed E-state index contributed by atoms with van der Waals surface area (Å²) in [5, 5.41) is 5.86. The van der Waals surface area contributed by atoms with Crippen molar-refractivity contribution < 1.29 is 8.42 Å². The number of pyridine rings is 1. The summed E-state index contributed by atoms with van der Waals surface area (Å²) in [6.45, 7) is 0. The number of nitrogens with zero attached hydrogens (tertiary/aromatic N) is 2. The molecule has 2 aromatic heterocycles. The molecule has 0 aliphatic carbocycles. The maximum absolute atomic E-state index is 11.5. The summed E-state index contributed by atoms with van der Waals surface area (Å²) in [5.74, 6) is 0. The van der Waals surface area contributed by atoms with Crippen molar-refractivity contribution in [3.63, 3.8) is 0 Å². The smallest absolute Gasteiger partial charge is 0.187 e. The molecule has 3 rings (SSSR count). The van der Waals surface area contributed by atoms with E-state index in [2.05, 4.69) is 15.3 Å². The van der Waals surface area contributed by atoms with Crippen LogP contribution in [0.3, 0.4) is 0 Å². The molecule has 0 bridgehead atoms. The van der Waals surface area contributed by atoms with E-state index in [9.17, 15) is 8.42 Å². The van der Waals surface area contributed by atoms with Crippen LogP contribution >= 0.6 is 11.3 Å². The molecule has 0 saturated heterocycles. The van der Waals surface area contributed by atoms with Gasteiger partial charge in [-0.1, -0.05) is 12.1 Å². The number of aromatic nitrogens is 2. The van der Waals surface area contributed by atoms with E-state index in [-0.39, 0.29) is 0 Å². The van der Waals surface area contributed by atoms with Gasteiger partial charge in [0.1, 0.15) is 0 Å². The second-order valence-electron chi connectivity index (χ2n) is 4.70. The minimum absolute atomic E-state index is 0.306. The van der Waals surface area contributed by atoms with Gasteiger partial charge >= 0.3 is 0 Å². The third kappa shape index (κ3) is 3.32. The fourth-order valence-corrected chi connectivity index (χ4v) is 3.27. The van der Waals surface area contributed by atoms with Crippen molar-refractivity contribution in [2.45, 2.75) is 4.90 Å². The highest BCUT2D eigenvalue weighted by Gasteiger charge is 2.09. The summed E-state index contributed by atoms with van der Waals surface area (Å²) in [4.78, 5) is 8.84. The Labute approximate surface area is 132 Å². The number of nitrogens with one attached hydrogen (secondary N) is 1. The predicted molar refractivity (Wildman–Crippen MR) is 88.2 cm³/mol. The van der Waals surface area contributed by atoms with E-state index in [1.807, 2.05) is 17.5 Å². The van der Waals surface area contributed by atoms with Crippen molar-refractivity contribution in [2.75, 3.05) is 11.6 Å². The molecule has 2 heterocycles. The lowest BCUT2D eigenvalue weighted by Gasteiger charge is -2.01. The van der Waals surface area contributed by atoms with E-state index >= 15 is 0 Å². The average molecular weight is 331 g/mol. The van der Waals surface area contributed by atoms with Crippen LogP contribution in [-0.2, 0) is 9.84 Å². The molecule has 1 N–H and O–H groups in total. The Hall–Kier alpha value is -2.25. The SMILES string of the molecule is CS(=O)(=O)c1ccc(-c2csc(Nc3cccnc3)n2)cc1. The van der Waals surface area contributed by atoms with Crippen molar-refractivity contribution in [1.29, 1.82) is 0 Å². The lowest BCUT2D eigenvalue weighted by atomic mass is 10.2. The summed E-state index contributed by atoms with van der Waals surface area (Å²) >= 11 is 1.48. The molecule has 5 nitrogen and oxygen atoms in total. The fraction of sp³-hybridized carbons (Fsp3) is 0.0667. The zero-order valence-corrected chi connectivity index (χ0v) is 13.4. The normalized spacial score (nSPS) is 11.3. The Kier molecular flexibility index (Phi) is 3.91. The molecule has 0 aliphatic heterocycles. The van der Waals surface area contributed by atoms with Crippen molar-refractivity contribution in [3.8, 4) is 11.3 Å². The molecule has 0 amide bonds. The van der Waals surface area contributed by atoms with Crippen LogP contribution in [0.4, 0.5) is 10.8 Å². The van der Waals surface area contributed by atoms with Crippen molar-refractivity contribution in [3.05, 3.63) is 54.2 Å². The van der Waals surface area contributed by atoms with Gasteiger partial charge in [0.25, 0.3) is 0 Å². The first kappa shape index (κ1) is 14.7. The van der Waals surface area contributed by atoms with E-state index in [0.717, 1.165) is 22.1 Å². The monoisotopic (exact) mass is 331 g/mol. The van der Waals surface area contributed by atoms with E-state index < -0.39 is 9.84 Å². The van der Waals surface area contributed by atoms with Crippen LogP contribution in [0.1, 0.15) is 0 Å². The van der Waals surface area contributed by atoms with Crippen LogP contribution in [0.15, 0.2) is 59.1 Å². The molecule has 0 aliphatic rings. The Balaban J connectivity index is 1.82. The molecule has 3 aromatic rings. The number of hydrogen-bond donors (Lipinski definition) is 1. The minimum Gasteiger partial charge on any atom is -0.330 e. The maximum Gasteiger partial charge on any atom is 0.187 e. The summed E-state index contributed by atoms with van der Waals surface area (Å²) in [6, 6.07) is 10.5. The zero-order chi connectivity index (χ0) is 15.6. The van der Waals surface area contributed by atoms with Crippen LogP contribution in [0.25, 0.3) is 11.3 Å². The van der Waals surface area contributed by atoms with Crippen molar-refractivity contribution in [2.24, 2.45) is 0 Å². The third-order valence-corrected chi connectivity index (χ3v) is 4.88. The highest BCUT2D eigenvalue weighted by atomic mass is 32.2. The first-order valence-electron chi connectivity index (χ1n) is 6.45. The Bertz CT molecular complexity index is 873. The first-order valence-corrected chi connectivity index (χ1v) is 9.22. The highest BCUT2D eigenvalue weighted by Crippen LogP contribution is 2.27. The number of hydrogen-bond acceptors (Lipinski definition) is 6. The maximum atomic E-state index is 11.5. The number of benzene rings is 1. The highest BCUT2D eigenvalue weighted by molar-refractivity contribution is 7.90. The van der Waals surface area contributed by atoms with Gasteiger partial charge in [-0.15, -0.1) is 11.3 Å². The number of rotatable bonds is 4. The summed E-state index contributed by atoms with van der Waals surface area (Å²) in [7, 11) is -3.17. The summed E-state index contributed by atoms with van der Waals surface area (Å²) in [5.41, 5.74) is 2.55.